The Kier molecular flexibility index (Phi) is 4.39. The first kappa shape index (κ1) is 13.8. The van der Waals surface area contributed by atoms with Gasteiger partial charge >= 0.3 is 0 Å². The molecule has 0 saturated carbocycles. The normalized spacial score (nSPS) is 17.9. The van der Waals surface area contributed by atoms with E-state index in [1.165, 1.54) is 5.56 Å². The molecule has 1 aliphatic heterocycles. The molecule has 0 atom stereocenters. The number of hydrogen-bond donors (Lipinski definition) is 2. The highest BCUT2D eigenvalue weighted by molar-refractivity contribution is 5.82. The first-order chi connectivity index (χ1) is 9.15. The highest BCUT2D eigenvalue weighted by atomic mass is 16.6. The summed E-state index contributed by atoms with van der Waals surface area (Å²) < 4.78 is 5.08. The van der Waals surface area contributed by atoms with Crippen molar-refractivity contribution in [2.75, 3.05) is 26.4 Å². The number of ether oxygens (including phenoxy) is 1. The SMILES string of the molecule is Cc1ccccc1C/C(N)=N/OCC1(CO)COC1. The third kappa shape index (κ3) is 3.45. The molecule has 1 aromatic carbocycles. The molecular weight excluding hydrogens is 244 g/mol. The summed E-state index contributed by atoms with van der Waals surface area (Å²) in [5.41, 5.74) is 7.85. The molecule has 0 bridgehead atoms. The lowest BCUT2D eigenvalue weighted by atomic mass is 9.88. The van der Waals surface area contributed by atoms with E-state index in [0.717, 1.165) is 5.56 Å². The number of benzene rings is 1. The zero-order valence-electron chi connectivity index (χ0n) is 11.1. The van der Waals surface area contributed by atoms with Crippen LogP contribution in [0.25, 0.3) is 0 Å². The molecule has 104 valence electrons. The minimum absolute atomic E-state index is 0.0419. The molecule has 3 N–H and O–H groups in total. The van der Waals surface area contributed by atoms with Gasteiger partial charge in [0.1, 0.15) is 12.4 Å². The number of amidine groups is 1. The van der Waals surface area contributed by atoms with E-state index in [1.807, 2.05) is 31.2 Å². The van der Waals surface area contributed by atoms with Gasteiger partial charge in [0.15, 0.2) is 0 Å². The molecule has 0 amide bonds. The van der Waals surface area contributed by atoms with Gasteiger partial charge in [-0.1, -0.05) is 29.4 Å². The number of nitrogens with zero attached hydrogens (tertiary/aromatic N) is 1. The van der Waals surface area contributed by atoms with Crippen molar-refractivity contribution in [2.45, 2.75) is 13.3 Å². The average Bonchev–Trinajstić information content (AvgIpc) is 2.35. The third-order valence-corrected chi connectivity index (χ3v) is 3.34. The molecule has 1 fully saturated rings. The van der Waals surface area contributed by atoms with Crippen LogP contribution in [-0.4, -0.2) is 37.4 Å². The summed E-state index contributed by atoms with van der Waals surface area (Å²) >= 11 is 0. The Hall–Kier alpha value is -1.59. The first-order valence-electron chi connectivity index (χ1n) is 6.33. The molecule has 19 heavy (non-hydrogen) atoms. The van der Waals surface area contributed by atoms with Crippen molar-refractivity contribution in [1.29, 1.82) is 0 Å². The Balaban J connectivity index is 1.84. The zero-order valence-corrected chi connectivity index (χ0v) is 11.1. The van der Waals surface area contributed by atoms with Gasteiger partial charge in [-0.2, -0.15) is 0 Å². The van der Waals surface area contributed by atoms with Gasteiger partial charge in [0.25, 0.3) is 0 Å². The molecule has 5 nitrogen and oxygen atoms in total. The number of aliphatic hydroxyl groups is 1. The monoisotopic (exact) mass is 264 g/mol. The van der Waals surface area contributed by atoms with Crippen LogP contribution in [0.3, 0.4) is 0 Å². The molecule has 1 heterocycles. The maximum absolute atomic E-state index is 9.23. The third-order valence-electron chi connectivity index (χ3n) is 3.34. The topological polar surface area (TPSA) is 77.1 Å². The lowest BCUT2D eigenvalue weighted by molar-refractivity contribution is -0.168. The van der Waals surface area contributed by atoms with Gasteiger partial charge in [-0.25, -0.2) is 0 Å². The molecule has 0 radical (unpaired) electrons. The fourth-order valence-electron chi connectivity index (χ4n) is 1.90. The lowest BCUT2D eigenvalue weighted by Gasteiger charge is -2.38. The van der Waals surface area contributed by atoms with E-state index < -0.39 is 0 Å². The van der Waals surface area contributed by atoms with E-state index in [4.69, 9.17) is 15.3 Å². The summed E-state index contributed by atoms with van der Waals surface area (Å²) in [7, 11) is 0. The van der Waals surface area contributed by atoms with Gasteiger partial charge in [-0.3, -0.25) is 0 Å². The average molecular weight is 264 g/mol. The Morgan fingerprint density at radius 3 is 2.79 bits per heavy atom. The fourth-order valence-corrected chi connectivity index (χ4v) is 1.90. The second-order valence-electron chi connectivity index (χ2n) is 5.11. The number of aryl methyl sites for hydroxylation is 1. The molecule has 5 heteroatoms. The maximum atomic E-state index is 9.23. The fraction of sp³-hybridized carbons (Fsp3) is 0.500. The van der Waals surface area contributed by atoms with Crippen molar-refractivity contribution < 1.29 is 14.7 Å². The van der Waals surface area contributed by atoms with Crippen LogP contribution in [0, 0.1) is 12.3 Å². The maximum Gasteiger partial charge on any atom is 0.143 e. The Bertz CT molecular complexity index is 450. The first-order valence-corrected chi connectivity index (χ1v) is 6.33. The quantitative estimate of drug-likeness (QED) is 0.453. The number of aliphatic hydroxyl groups excluding tert-OH is 1. The smallest absolute Gasteiger partial charge is 0.143 e. The molecule has 2 rings (SSSR count). The van der Waals surface area contributed by atoms with E-state index in [9.17, 15) is 5.11 Å². The summed E-state index contributed by atoms with van der Waals surface area (Å²) in [5.74, 6) is 0.433. The number of rotatable bonds is 6. The van der Waals surface area contributed by atoms with Gasteiger partial charge in [-0.15, -0.1) is 0 Å². The lowest BCUT2D eigenvalue weighted by Crippen LogP contribution is -2.48. The number of hydrogen-bond acceptors (Lipinski definition) is 4. The van der Waals surface area contributed by atoms with Gasteiger partial charge < -0.3 is 20.4 Å². The molecular formula is C14H20N2O3. The van der Waals surface area contributed by atoms with E-state index in [-0.39, 0.29) is 12.0 Å². The van der Waals surface area contributed by atoms with Crippen LogP contribution in [0.2, 0.25) is 0 Å². The summed E-state index contributed by atoms with van der Waals surface area (Å²) in [4.78, 5) is 5.23. The summed E-state index contributed by atoms with van der Waals surface area (Å²) in [6, 6.07) is 8.02. The van der Waals surface area contributed by atoms with Crippen molar-refractivity contribution in [3.05, 3.63) is 35.4 Å². The molecule has 0 aliphatic carbocycles. The van der Waals surface area contributed by atoms with Crippen molar-refractivity contribution in [1.82, 2.24) is 0 Å². The number of oxime groups is 1. The van der Waals surface area contributed by atoms with Gasteiger partial charge in [0, 0.05) is 6.42 Å². The van der Waals surface area contributed by atoms with Gasteiger partial charge in [0.05, 0.1) is 25.2 Å². The van der Waals surface area contributed by atoms with Crippen molar-refractivity contribution >= 4 is 5.84 Å². The summed E-state index contributed by atoms with van der Waals surface area (Å²) in [6.45, 7) is 3.43. The van der Waals surface area contributed by atoms with Gasteiger partial charge in [0.2, 0.25) is 0 Å². The molecule has 1 aliphatic rings. The standard InChI is InChI=1S/C14H20N2O3/c1-11-4-2-3-5-12(11)6-13(15)16-19-10-14(7-17)8-18-9-14/h2-5,17H,6-10H2,1H3,(H2,15,16). The van der Waals surface area contributed by atoms with Crippen molar-refractivity contribution in [3.63, 3.8) is 0 Å². The predicted octanol–water partition coefficient (Wildman–Crippen LogP) is 0.835. The van der Waals surface area contributed by atoms with Crippen LogP contribution < -0.4 is 5.73 Å². The number of nitrogens with two attached hydrogens (primary N) is 1. The van der Waals surface area contributed by atoms with Crippen LogP contribution >= 0.6 is 0 Å². The Morgan fingerprint density at radius 2 is 2.21 bits per heavy atom. The van der Waals surface area contributed by atoms with Crippen LogP contribution in [0.1, 0.15) is 11.1 Å². The minimum Gasteiger partial charge on any atom is -0.395 e. The highest BCUT2D eigenvalue weighted by Crippen LogP contribution is 2.26. The van der Waals surface area contributed by atoms with E-state index >= 15 is 0 Å². The summed E-state index contributed by atoms with van der Waals surface area (Å²) in [6.07, 6.45) is 0.565. The van der Waals surface area contributed by atoms with E-state index in [1.54, 1.807) is 0 Å². The largest absolute Gasteiger partial charge is 0.395 e. The van der Waals surface area contributed by atoms with Crippen LogP contribution in [-0.2, 0) is 16.0 Å². The summed E-state index contributed by atoms with van der Waals surface area (Å²) in [5, 5.41) is 13.1. The van der Waals surface area contributed by atoms with Crippen molar-refractivity contribution in [3.8, 4) is 0 Å². The molecule has 1 saturated heterocycles. The van der Waals surface area contributed by atoms with Crippen LogP contribution in [0.4, 0.5) is 0 Å². The Morgan fingerprint density at radius 1 is 1.47 bits per heavy atom. The zero-order chi connectivity index (χ0) is 13.7. The second-order valence-corrected chi connectivity index (χ2v) is 5.11. The Labute approximate surface area is 113 Å². The predicted molar refractivity (Wildman–Crippen MR) is 72.8 cm³/mol. The van der Waals surface area contributed by atoms with Crippen molar-refractivity contribution in [2.24, 2.45) is 16.3 Å². The molecule has 1 aromatic rings. The van der Waals surface area contributed by atoms with Crippen LogP contribution in [0.15, 0.2) is 29.4 Å². The van der Waals surface area contributed by atoms with E-state index in [2.05, 4.69) is 5.16 Å². The second kappa shape index (κ2) is 6.04. The molecule has 0 spiro atoms. The van der Waals surface area contributed by atoms with Crippen LogP contribution in [0.5, 0.6) is 0 Å². The van der Waals surface area contributed by atoms with Gasteiger partial charge in [-0.05, 0) is 18.1 Å². The highest BCUT2D eigenvalue weighted by Gasteiger charge is 2.39. The minimum atomic E-state index is -0.299. The molecule has 0 aromatic heterocycles. The van der Waals surface area contributed by atoms with E-state index in [0.29, 0.717) is 32.1 Å². The molecule has 0 unspecified atom stereocenters.